The summed E-state index contributed by atoms with van der Waals surface area (Å²) < 4.78 is 15.4. The van der Waals surface area contributed by atoms with Crippen molar-refractivity contribution in [2.24, 2.45) is 4.99 Å². The Morgan fingerprint density at radius 2 is 1.76 bits per heavy atom. The number of para-hydroxylation sites is 1. The van der Waals surface area contributed by atoms with Gasteiger partial charge in [-0.25, -0.2) is 9.79 Å². The largest absolute Gasteiger partial charge is 0.496 e. The van der Waals surface area contributed by atoms with E-state index in [0.29, 0.717) is 30.4 Å². The molecule has 156 valence electrons. The number of ether oxygens (including phenoxy) is 3. The molecule has 7 nitrogen and oxygen atoms in total. The van der Waals surface area contributed by atoms with Crippen molar-refractivity contribution in [3.63, 3.8) is 0 Å². The van der Waals surface area contributed by atoms with Gasteiger partial charge < -0.3 is 24.8 Å². The van der Waals surface area contributed by atoms with E-state index in [2.05, 4.69) is 21.7 Å². The summed E-state index contributed by atoms with van der Waals surface area (Å²) in [5.41, 5.74) is 2.40. The molecule has 0 fully saturated rings. The number of aliphatic imine (C=N–C) groups is 1. The second kappa shape index (κ2) is 11.6. The highest BCUT2D eigenvalue weighted by atomic mass is 16.5. The highest BCUT2D eigenvalue weighted by Crippen LogP contribution is 2.21. The Labute approximate surface area is 172 Å². The monoisotopic (exact) mass is 399 g/mol. The summed E-state index contributed by atoms with van der Waals surface area (Å²) in [6.07, 6.45) is 0.809. The van der Waals surface area contributed by atoms with Crippen molar-refractivity contribution < 1.29 is 19.0 Å². The van der Waals surface area contributed by atoms with Crippen molar-refractivity contribution in [1.29, 1.82) is 0 Å². The van der Waals surface area contributed by atoms with Crippen LogP contribution in [0.15, 0.2) is 47.5 Å². The summed E-state index contributed by atoms with van der Waals surface area (Å²) in [7, 11) is 4.55. The molecular weight excluding hydrogens is 370 g/mol. The molecule has 0 spiro atoms. The molecule has 0 heterocycles. The number of carbonyl (C=O) groups excluding carboxylic acids is 1. The molecule has 2 aromatic carbocycles. The molecule has 2 rings (SSSR count). The van der Waals surface area contributed by atoms with Gasteiger partial charge in [0.1, 0.15) is 17.1 Å². The van der Waals surface area contributed by atoms with Gasteiger partial charge in [0.05, 0.1) is 27.9 Å². The zero-order chi connectivity index (χ0) is 21.1. The molecule has 0 aromatic heterocycles. The minimum Gasteiger partial charge on any atom is -0.496 e. The van der Waals surface area contributed by atoms with Crippen LogP contribution in [0, 0.1) is 0 Å². The maximum Gasteiger partial charge on any atom is 0.341 e. The van der Waals surface area contributed by atoms with Gasteiger partial charge in [0.2, 0.25) is 0 Å². The summed E-state index contributed by atoms with van der Waals surface area (Å²) in [6, 6.07) is 13.3. The number of guanidine groups is 1. The summed E-state index contributed by atoms with van der Waals surface area (Å²) in [5.74, 6) is 1.63. The molecule has 0 unspecified atom stereocenters. The average molecular weight is 399 g/mol. The number of nitrogens with zero attached hydrogens (tertiary/aromatic N) is 1. The molecule has 0 aliphatic heterocycles. The molecule has 0 amide bonds. The molecular formula is C22H29N3O4. The first-order valence-electron chi connectivity index (χ1n) is 9.52. The zero-order valence-corrected chi connectivity index (χ0v) is 17.5. The molecule has 0 aliphatic rings. The van der Waals surface area contributed by atoms with Gasteiger partial charge in [-0.2, -0.15) is 0 Å². The van der Waals surface area contributed by atoms with Crippen LogP contribution < -0.4 is 20.1 Å². The lowest BCUT2D eigenvalue weighted by Crippen LogP contribution is -2.38. The Morgan fingerprint density at radius 3 is 2.45 bits per heavy atom. The number of hydrogen-bond acceptors (Lipinski definition) is 5. The highest BCUT2D eigenvalue weighted by molar-refractivity contribution is 5.92. The second-order valence-corrected chi connectivity index (χ2v) is 6.21. The predicted octanol–water partition coefficient (Wildman–Crippen LogP) is 2.79. The van der Waals surface area contributed by atoms with E-state index >= 15 is 0 Å². The molecule has 0 saturated heterocycles. The number of rotatable bonds is 9. The first kappa shape index (κ1) is 22.1. The van der Waals surface area contributed by atoms with Gasteiger partial charge in [-0.15, -0.1) is 0 Å². The van der Waals surface area contributed by atoms with Crippen LogP contribution in [0.2, 0.25) is 0 Å². The fraction of sp³-hybridized carbons (Fsp3) is 0.364. The van der Waals surface area contributed by atoms with Gasteiger partial charge in [0.25, 0.3) is 0 Å². The SMILES string of the molecule is CCNC(=NCc1ccc(OC)c(C(=O)OC)c1)NCCc1ccccc1OC. The maximum atomic E-state index is 11.9. The van der Waals surface area contributed by atoms with Crippen molar-refractivity contribution in [1.82, 2.24) is 10.6 Å². The molecule has 2 aromatic rings. The van der Waals surface area contributed by atoms with Gasteiger partial charge >= 0.3 is 5.97 Å². The molecule has 0 atom stereocenters. The van der Waals surface area contributed by atoms with Crippen molar-refractivity contribution in [3.8, 4) is 11.5 Å². The Hall–Kier alpha value is -3.22. The van der Waals surface area contributed by atoms with E-state index in [1.54, 1.807) is 19.2 Å². The third-order valence-electron chi connectivity index (χ3n) is 4.31. The van der Waals surface area contributed by atoms with Crippen LogP contribution in [-0.4, -0.2) is 46.3 Å². The zero-order valence-electron chi connectivity index (χ0n) is 17.5. The first-order chi connectivity index (χ1) is 14.1. The van der Waals surface area contributed by atoms with Gasteiger partial charge in [0.15, 0.2) is 5.96 Å². The number of esters is 1. The molecule has 0 radical (unpaired) electrons. The fourth-order valence-corrected chi connectivity index (χ4v) is 2.86. The van der Waals surface area contributed by atoms with E-state index < -0.39 is 5.97 Å². The minimum absolute atomic E-state index is 0.386. The number of nitrogens with one attached hydrogen (secondary N) is 2. The van der Waals surface area contributed by atoms with Gasteiger partial charge in [-0.05, 0) is 42.7 Å². The smallest absolute Gasteiger partial charge is 0.341 e. The molecule has 0 aliphatic carbocycles. The van der Waals surface area contributed by atoms with Crippen LogP contribution in [0.3, 0.4) is 0 Å². The van der Waals surface area contributed by atoms with E-state index in [4.69, 9.17) is 14.2 Å². The van der Waals surface area contributed by atoms with Crippen LogP contribution in [0.1, 0.15) is 28.4 Å². The lowest BCUT2D eigenvalue weighted by molar-refractivity contribution is 0.0597. The number of carbonyl (C=O) groups is 1. The maximum absolute atomic E-state index is 11.9. The van der Waals surface area contributed by atoms with E-state index in [9.17, 15) is 4.79 Å². The summed E-state index contributed by atoms with van der Waals surface area (Å²) in [6.45, 7) is 3.89. The molecule has 0 bridgehead atoms. The number of methoxy groups -OCH3 is 3. The molecule has 7 heteroatoms. The third-order valence-corrected chi connectivity index (χ3v) is 4.31. The van der Waals surface area contributed by atoms with Crippen LogP contribution in [0.4, 0.5) is 0 Å². The Morgan fingerprint density at radius 1 is 1.00 bits per heavy atom. The van der Waals surface area contributed by atoms with Gasteiger partial charge in [0, 0.05) is 13.1 Å². The lowest BCUT2D eigenvalue weighted by atomic mass is 10.1. The second-order valence-electron chi connectivity index (χ2n) is 6.21. The normalized spacial score (nSPS) is 11.0. The van der Waals surface area contributed by atoms with Gasteiger partial charge in [-0.1, -0.05) is 24.3 Å². The highest BCUT2D eigenvalue weighted by Gasteiger charge is 2.13. The average Bonchev–Trinajstić information content (AvgIpc) is 2.77. The number of benzene rings is 2. The molecule has 29 heavy (non-hydrogen) atoms. The van der Waals surface area contributed by atoms with E-state index in [0.717, 1.165) is 29.8 Å². The quantitative estimate of drug-likeness (QED) is 0.383. The van der Waals surface area contributed by atoms with E-state index in [-0.39, 0.29) is 0 Å². The number of hydrogen-bond donors (Lipinski definition) is 2. The molecule has 0 saturated carbocycles. The standard InChI is InChI=1S/C22H29N3O4/c1-5-23-22(24-13-12-17-8-6-7-9-19(17)27-2)25-15-16-10-11-20(28-3)18(14-16)21(26)29-4/h6-11,14H,5,12-13,15H2,1-4H3,(H2,23,24,25). The van der Waals surface area contributed by atoms with Gasteiger partial charge in [-0.3, -0.25) is 0 Å². The first-order valence-corrected chi connectivity index (χ1v) is 9.52. The van der Waals surface area contributed by atoms with Crippen LogP contribution in [-0.2, 0) is 17.7 Å². The van der Waals surface area contributed by atoms with Crippen molar-refractivity contribution in [2.75, 3.05) is 34.4 Å². The third kappa shape index (κ3) is 6.41. The van der Waals surface area contributed by atoms with Crippen molar-refractivity contribution >= 4 is 11.9 Å². The molecule has 2 N–H and O–H groups in total. The van der Waals surface area contributed by atoms with Crippen molar-refractivity contribution in [2.45, 2.75) is 19.9 Å². The van der Waals surface area contributed by atoms with Crippen molar-refractivity contribution in [3.05, 3.63) is 59.2 Å². The Kier molecular flexibility index (Phi) is 8.82. The Balaban J connectivity index is 2.04. The lowest BCUT2D eigenvalue weighted by Gasteiger charge is -2.13. The van der Waals surface area contributed by atoms with E-state index in [1.807, 2.05) is 31.2 Å². The topological polar surface area (TPSA) is 81.2 Å². The minimum atomic E-state index is -0.436. The summed E-state index contributed by atoms with van der Waals surface area (Å²) in [5, 5.41) is 6.56. The van der Waals surface area contributed by atoms with Crippen LogP contribution >= 0.6 is 0 Å². The van der Waals surface area contributed by atoms with Crippen LogP contribution in [0.5, 0.6) is 11.5 Å². The fourth-order valence-electron chi connectivity index (χ4n) is 2.86. The summed E-state index contributed by atoms with van der Waals surface area (Å²) >= 11 is 0. The Bertz CT molecular complexity index is 837. The summed E-state index contributed by atoms with van der Waals surface area (Å²) in [4.78, 5) is 16.6. The van der Waals surface area contributed by atoms with E-state index in [1.165, 1.54) is 14.2 Å². The van der Waals surface area contributed by atoms with Crippen LogP contribution in [0.25, 0.3) is 0 Å². The predicted molar refractivity (Wildman–Crippen MR) is 114 cm³/mol.